The van der Waals surface area contributed by atoms with Gasteiger partial charge in [-0.05, 0) is 19.8 Å². The molecule has 1 aliphatic carbocycles. The van der Waals surface area contributed by atoms with E-state index in [1.807, 2.05) is 0 Å². The third kappa shape index (κ3) is 4.72. The van der Waals surface area contributed by atoms with Gasteiger partial charge in [-0.15, -0.1) is 0 Å². The fourth-order valence-corrected chi connectivity index (χ4v) is 3.23. The van der Waals surface area contributed by atoms with Gasteiger partial charge in [-0.2, -0.15) is 0 Å². The predicted molar refractivity (Wildman–Crippen MR) is 79.4 cm³/mol. The molecular weight excluding hydrogens is 254 g/mol. The van der Waals surface area contributed by atoms with Crippen molar-refractivity contribution in [3.05, 3.63) is 0 Å². The average Bonchev–Trinajstić information content (AvgIpc) is 2.64. The lowest BCUT2D eigenvalue weighted by Crippen LogP contribution is -2.49. The first-order chi connectivity index (χ1) is 9.66. The number of hydrogen-bond acceptors (Lipinski definition) is 4. The fraction of sp³-hybridized carbons (Fsp3) is 0.933. The normalized spacial score (nSPS) is 30.5. The van der Waals surface area contributed by atoms with Crippen molar-refractivity contribution in [2.24, 2.45) is 11.7 Å². The van der Waals surface area contributed by atoms with Gasteiger partial charge in [0.2, 0.25) is 5.91 Å². The van der Waals surface area contributed by atoms with E-state index in [1.165, 1.54) is 6.42 Å². The van der Waals surface area contributed by atoms with Crippen LogP contribution in [-0.4, -0.2) is 55.7 Å². The molecule has 2 fully saturated rings. The Bertz CT molecular complexity index is 305. The Balaban J connectivity index is 1.76. The van der Waals surface area contributed by atoms with Crippen molar-refractivity contribution in [2.45, 2.75) is 51.1 Å². The molecule has 1 heterocycles. The summed E-state index contributed by atoms with van der Waals surface area (Å²) in [6, 6.07) is 0.212. The number of rotatable bonds is 4. The Hall–Kier alpha value is -0.650. The molecule has 1 amide bonds. The van der Waals surface area contributed by atoms with Crippen molar-refractivity contribution in [2.75, 3.05) is 32.8 Å². The van der Waals surface area contributed by atoms with Gasteiger partial charge in [0, 0.05) is 31.7 Å². The molecule has 2 aliphatic rings. The highest BCUT2D eigenvalue weighted by atomic mass is 16.5. The third-order valence-corrected chi connectivity index (χ3v) is 4.43. The van der Waals surface area contributed by atoms with Crippen molar-refractivity contribution < 1.29 is 9.53 Å². The quantitative estimate of drug-likeness (QED) is 0.747. The van der Waals surface area contributed by atoms with E-state index < -0.39 is 0 Å². The van der Waals surface area contributed by atoms with Crippen LogP contribution in [0.4, 0.5) is 0 Å². The molecule has 20 heavy (non-hydrogen) atoms. The lowest BCUT2D eigenvalue weighted by molar-refractivity contribution is -0.126. The van der Waals surface area contributed by atoms with Crippen molar-refractivity contribution in [3.8, 4) is 0 Å². The molecule has 2 rings (SSSR count). The van der Waals surface area contributed by atoms with Gasteiger partial charge in [0.25, 0.3) is 0 Å². The van der Waals surface area contributed by atoms with E-state index in [0.717, 1.165) is 58.5 Å². The molecule has 3 N–H and O–H groups in total. The van der Waals surface area contributed by atoms with Gasteiger partial charge >= 0.3 is 0 Å². The topological polar surface area (TPSA) is 67.6 Å². The average molecular weight is 283 g/mol. The Morgan fingerprint density at radius 1 is 1.30 bits per heavy atom. The van der Waals surface area contributed by atoms with Crippen molar-refractivity contribution >= 4 is 5.91 Å². The van der Waals surface area contributed by atoms with E-state index in [9.17, 15) is 4.79 Å². The molecule has 116 valence electrons. The van der Waals surface area contributed by atoms with Gasteiger partial charge in [-0.3, -0.25) is 9.69 Å². The fourth-order valence-electron chi connectivity index (χ4n) is 3.23. The number of amides is 1. The molecule has 5 nitrogen and oxygen atoms in total. The zero-order valence-electron chi connectivity index (χ0n) is 12.6. The van der Waals surface area contributed by atoms with Crippen molar-refractivity contribution in [1.29, 1.82) is 0 Å². The summed E-state index contributed by atoms with van der Waals surface area (Å²) in [6.45, 7) is 6.50. The van der Waals surface area contributed by atoms with Crippen LogP contribution in [0.2, 0.25) is 0 Å². The zero-order chi connectivity index (χ0) is 14.4. The summed E-state index contributed by atoms with van der Waals surface area (Å²) in [6.07, 6.45) is 5.42. The summed E-state index contributed by atoms with van der Waals surface area (Å²) < 4.78 is 5.34. The maximum Gasteiger partial charge on any atom is 0.224 e. The van der Waals surface area contributed by atoms with Crippen LogP contribution < -0.4 is 11.1 Å². The molecule has 0 aromatic heterocycles. The lowest BCUT2D eigenvalue weighted by atomic mass is 9.94. The highest BCUT2D eigenvalue weighted by Gasteiger charge is 2.28. The lowest BCUT2D eigenvalue weighted by Gasteiger charge is -2.30. The van der Waals surface area contributed by atoms with Gasteiger partial charge in [0.1, 0.15) is 0 Å². The summed E-state index contributed by atoms with van der Waals surface area (Å²) in [7, 11) is 0. The van der Waals surface area contributed by atoms with Gasteiger partial charge in [-0.1, -0.05) is 19.3 Å². The van der Waals surface area contributed by atoms with Gasteiger partial charge in [0.15, 0.2) is 0 Å². The third-order valence-electron chi connectivity index (χ3n) is 4.43. The van der Waals surface area contributed by atoms with E-state index in [1.54, 1.807) is 0 Å². The maximum atomic E-state index is 12.4. The van der Waals surface area contributed by atoms with E-state index in [2.05, 4.69) is 17.1 Å². The first kappa shape index (κ1) is 15.7. The molecule has 1 aliphatic heterocycles. The van der Waals surface area contributed by atoms with Crippen LogP contribution in [-0.2, 0) is 9.53 Å². The molecule has 0 radical (unpaired) electrons. The summed E-state index contributed by atoms with van der Waals surface area (Å²) in [5.41, 5.74) is 6.15. The first-order valence-electron chi connectivity index (χ1n) is 8.03. The molecule has 1 saturated heterocycles. The molecule has 3 unspecified atom stereocenters. The smallest absolute Gasteiger partial charge is 0.224 e. The first-order valence-corrected chi connectivity index (χ1v) is 8.03. The van der Waals surface area contributed by atoms with Crippen LogP contribution >= 0.6 is 0 Å². The van der Waals surface area contributed by atoms with Crippen molar-refractivity contribution in [3.63, 3.8) is 0 Å². The summed E-state index contributed by atoms with van der Waals surface area (Å²) in [5.74, 6) is 0.157. The minimum Gasteiger partial charge on any atom is -0.379 e. The van der Waals surface area contributed by atoms with E-state index in [-0.39, 0.29) is 23.9 Å². The summed E-state index contributed by atoms with van der Waals surface area (Å²) in [4.78, 5) is 14.7. The van der Waals surface area contributed by atoms with Gasteiger partial charge in [0.05, 0.1) is 19.1 Å². The van der Waals surface area contributed by atoms with Crippen LogP contribution in [0.1, 0.15) is 39.0 Å². The summed E-state index contributed by atoms with van der Waals surface area (Å²) in [5, 5.41) is 3.15. The van der Waals surface area contributed by atoms with Crippen LogP contribution in [0.5, 0.6) is 0 Å². The van der Waals surface area contributed by atoms with Gasteiger partial charge in [-0.25, -0.2) is 0 Å². The van der Waals surface area contributed by atoms with E-state index >= 15 is 0 Å². The largest absolute Gasteiger partial charge is 0.379 e. The molecule has 5 heteroatoms. The minimum absolute atomic E-state index is 0.00430. The number of morpholine rings is 1. The second-order valence-electron chi connectivity index (χ2n) is 6.23. The number of nitrogens with one attached hydrogen (secondary N) is 1. The van der Waals surface area contributed by atoms with Crippen LogP contribution in [0.3, 0.4) is 0 Å². The molecule has 1 saturated carbocycles. The Labute approximate surface area is 122 Å². The van der Waals surface area contributed by atoms with Crippen LogP contribution in [0.25, 0.3) is 0 Å². The number of hydrogen-bond donors (Lipinski definition) is 2. The second-order valence-corrected chi connectivity index (χ2v) is 6.23. The SMILES string of the molecule is CC(CN1CCOCC1)NC(=O)C1CCCCCC1N. The van der Waals surface area contributed by atoms with Gasteiger partial charge < -0.3 is 15.8 Å². The predicted octanol–water partition coefficient (Wildman–Crippen LogP) is 0.731. The molecule has 3 atom stereocenters. The number of nitrogens with two attached hydrogens (primary N) is 1. The summed E-state index contributed by atoms with van der Waals surface area (Å²) >= 11 is 0. The minimum atomic E-state index is 0.00430. The number of carbonyl (C=O) groups excluding carboxylic acids is 1. The Morgan fingerprint density at radius 3 is 2.75 bits per heavy atom. The second kappa shape index (κ2) is 7.96. The molecule has 0 bridgehead atoms. The van der Waals surface area contributed by atoms with Crippen LogP contribution in [0, 0.1) is 5.92 Å². The number of nitrogens with zero attached hydrogens (tertiary/aromatic N) is 1. The van der Waals surface area contributed by atoms with Crippen molar-refractivity contribution in [1.82, 2.24) is 10.2 Å². The van der Waals surface area contributed by atoms with E-state index in [0.29, 0.717) is 0 Å². The molecular formula is C15H29N3O2. The standard InChI is InChI=1S/C15H29N3O2/c1-12(11-18-7-9-20-10-8-18)17-15(19)13-5-3-2-4-6-14(13)16/h12-14H,2-11,16H2,1H3,(H,17,19). The highest BCUT2D eigenvalue weighted by molar-refractivity contribution is 5.79. The maximum absolute atomic E-state index is 12.4. The van der Waals surface area contributed by atoms with Crippen LogP contribution in [0.15, 0.2) is 0 Å². The Morgan fingerprint density at radius 2 is 2.00 bits per heavy atom. The molecule has 0 aromatic carbocycles. The highest BCUT2D eigenvalue weighted by Crippen LogP contribution is 2.22. The number of ether oxygens (including phenoxy) is 1. The Kier molecular flexibility index (Phi) is 6.26. The monoisotopic (exact) mass is 283 g/mol. The number of carbonyl (C=O) groups is 1. The molecule has 0 aromatic rings. The zero-order valence-corrected chi connectivity index (χ0v) is 12.6. The molecule has 0 spiro atoms. The van der Waals surface area contributed by atoms with E-state index in [4.69, 9.17) is 10.5 Å².